The maximum Gasteiger partial charge on any atom is 0.139 e. The summed E-state index contributed by atoms with van der Waals surface area (Å²) < 4.78 is 11.0. The minimum Gasteiger partial charge on any atom is -0.491 e. The Hall–Kier alpha value is -1.22. The van der Waals surface area contributed by atoms with Gasteiger partial charge in [-0.1, -0.05) is 6.92 Å². The minimum absolute atomic E-state index is 0.207. The van der Waals surface area contributed by atoms with Crippen LogP contribution in [-0.2, 0) is 0 Å². The minimum atomic E-state index is 0.207. The molecule has 1 aromatic carbocycles. The van der Waals surface area contributed by atoms with E-state index in [9.17, 15) is 0 Å². The fourth-order valence-electron chi connectivity index (χ4n) is 1.12. The molecule has 3 heteroatoms. The molecule has 0 aliphatic carbocycles. The Morgan fingerprint density at radius 3 is 2.27 bits per heavy atom. The number of hydrogen-bond donors (Lipinski definition) is 1. The van der Waals surface area contributed by atoms with Gasteiger partial charge in [0.1, 0.15) is 18.2 Å². The molecular formula is C12H19NO2. The van der Waals surface area contributed by atoms with E-state index >= 15 is 0 Å². The van der Waals surface area contributed by atoms with Gasteiger partial charge in [-0.15, -0.1) is 0 Å². The van der Waals surface area contributed by atoms with Crippen LogP contribution in [0.4, 0.5) is 0 Å². The van der Waals surface area contributed by atoms with Crippen molar-refractivity contribution < 1.29 is 9.47 Å². The number of rotatable bonds is 6. The first-order valence-electron chi connectivity index (χ1n) is 5.32. The second-order valence-electron chi connectivity index (χ2n) is 3.53. The van der Waals surface area contributed by atoms with E-state index in [-0.39, 0.29) is 6.10 Å². The Kier molecular flexibility index (Phi) is 4.98. The van der Waals surface area contributed by atoms with Gasteiger partial charge in [-0.3, -0.25) is 5.32 Å². The largest absolute Gasteiger partial charge is 0.491 e. The topological polar surface area (TPSA) is 30.5 Å². The molecule has 0 unspecified atom stereocenters. The summed E-state index contributed by atoms with van der Waals surface area (Å²) in [5.74, 6) is 1.73. The van der Waals surface area contributed by atoms with Gasteiger partial charge in [0.05, 0.1) is 6.10 Å². The van der Waals surface area contributed by atoms with E-state index in [1.165, 1.54) is 0 Å². The van der Waals surface area contributed by atoms with Gasteiger partial charge >= 0.3 is 0 Å². The zero-order valence-electron chi connectivity index (χ0n) is 9.62. The van der Waals surface area contributed by atoms with Gasteiger partial charge in [0, 0.05) is 0 Å². The van der Waals surface area contributed by atoms with Crippen molar-refractivity contribution in [1.29, 1.82) is 0 Å². The molecule has 0 fully saturated rings. The lowest BCUT2D eigenvalue weighted by atomic mass is 10.3. The fraction of sp³-hybridized carbons (Fsp3) is 0.500. The molecule has 0 aromatic heterocycles. The van der Waals surface area contributed by atoms with E-state index in [0.717, 1.165) is 18.0 Å². The van der Waals surface area contributed by atoms with Crippen LogP contribution in [0.3, 0.4) is 0 Å². The Morgan fingerprint density at radius 1 is 1.13 bits per heavy atom. The first kappa shape index (κ1) is 11.9. The molecule has 0 aliphatic heterocycles. The Balaban J connectivity index is 2.42. The fourth-order valence-corrected chi connectivity index (χ4v) is 1.12. The average molecular weight is 209 g/mol. The quantitative estimate of drug-likeness (QED) is 0.576. The standard InChI is InChI=1S/C12H19NO2/c1-4-13-9-14-11-5-7-12(8-6-11)15-10(2)3/h5-8,10,13H,4,9H2,1-3H3. The third-order valence-electron chi connectivity index (χ3n) is 1.79. The molecule has 0 saturated heterocycles. The van der Waals surface area contributed by atoms with Crippen LogP contribution in [-0.4, -0.2) is 19.4 Å². The number of ether oxygens (including phenoxy) is 2. The second-order valence-corrected chi connectivity index (χ2v) is 3.53. The highest BCUT2D eigenvalue weighted by molar-refractivity contribution is 5.31. The van der Waals surface area contributed by atoms with E-state index in [4.69, 9.17) is 9.47 Å². The van der Waals surface area contributed by atoms with Crippen LogP contribution in [0.2, 0.25) is 0 Å². The van der Waals surface area contributed by atoms with Crippen LogP contribution < -0.4 is 14.8 Å². The van der Waals surface area contributed by atoms with Gasteiger partial charge in [-0.2, -0.15) is 0 Å². The van der Waals surface area contributed by atoms with Crippen LogP contribution in [0.1, 0.15) is 20.8 Å². The van der Waals surface area contributed by atoms with Crippen molar-refractivity contribution in [3.05, 3.63) is 24.3 Å². The number of hydrogen-bond acceptors (Lipinski definition) is 3. The lowest BCUT2D eigenvalue weighted by Gasteiger charge is -2.10. The van der Waals surface area contributed by atoms with Gasteiger partial charge in [0.15, 0.2) is 0 Å². The number of benzene rings is 1. The SMILES string of the molecule is CCNCOc1ccc(OC(C)C)cc1. The molecule has 0 aliphatic rings. The van der Waals surface area contributed by atoms with E-state index in [1.807, 2.05) is 45.0 Å². The van der Waals surface area contributed by atoms with E-state index < -0.39 is 0 Å². The third-order valence-corrected chi connectivity index (χ3v) is 1.79. The molecule has 1 N–H and O–H groups in total. The summed E-state index contributed by atoms with van der Waals surface area (Å²) in [6, 6.07) is 7.66. The van der Waals surface area contributed by atoms with E-state index in [2.05, 4.69) is 5.32 Å². The van der Waals surface area contributed by atoms with Crippen molar-refractivity contribution in [1.82, 2.24) is 5.32 Å². The van der Waals surface area contributed by atoms with Crippen molar-refractivity contribution in [3.8, 4) is 11.5 Å². The summed E-state index contributed by atoms with van der Waals surface area (Å²) in [4.78, 5) is 0. The molecule has 1 aromatic rings. The molecule has 0 saturated carbocycles. The molecular weight excluding hydrogens is 190 g/mol. The van der Waals surface area contributed by atoms with Crippen molar-refractivity contribution >= 4 is 0 Å². The van der Waals surface area contributed by atoms with Crippen LogP contribution in [0.15, 0.2) is 24.3 Å². The number of nitrogens with one attached hydrogen (secondary N) is 1. The predicted octanol–water partition coefficient (Wildman–Crippen LogP) is 2.42. The van der Waals surface area contributed by atoms with Gasteiger partial charge < -0.3 is 9.47 Å². The molecule has 3 nitrogen and oxygen atoms in total. The van der Waals surface area contributed by atoms with Crippen LogP contribution in [0.5, 0.6) is 11.5 Å². The predicted molar refractivity (Wildman–Crippen MR) is 61.4 cm³/mol. The summed E-state index contributed by atoms with van der Waals surface area (Å²) in [5, 5.41) is 3.09. The summed E-state index contributed by atoms with van der Waals surface area (Å²) >= 11 is 0. The normalized spacial score (nSPS) is 10.4. The first-order chi connectivity index (χ1) is 7.22. The van der Waals surface area contributed by atoms with Gasteiger partial charge in [-0.25, -0.2) is 0 Å². The van der Waals surface area contributed by atoms with Crippen LogP contribution >= 0.6 is 0 Å². The van der Waals surface area contributed by atoms with Gasteiger partial charge in [0.2, 0.25) is 0 Å². The molecule has 0 amide bonds. The van der Waals surface area contributed by atoms with Crippen molar-refractivity contribution in [2.75, 3.05) is 13.3 Å². The molecule has 0 heterocycles. The zero-order valence-corrected chi connectivity index (χ0v) is 9.62. The Labute approximate surface area is 91.4 Å². The van der Waals surface area contributed by atoms with Crippen LogP contribution in [0, 0.1) is 0 Å². The smallest absolute Gasteiger partial charge is 0.139 e. The molecule has 84 valence electrons. The maximum absolute atomic E-state index is 5.52. The highest BCUT2D eigenvalue weighted by Crippen LogP contribution is 2.18. The maximum atomic E-state index is 5.52. The molecule has 0 bridgehead atoms. The van der Waals surface area contributed by atoms with Gasteiger partial charge in [-0.05, 0) is 44.7 Å². The lowest BCUT2D eigenvalue weighted by molar-refractivity contribution is 0.241. The summed E-state index contributed by atoms with van der Waals surface area (Å²) in [6.07, 6.45) is 0.207. The highest BCUT2D eigenvalue weighted by atomic mass is 16.5. The van der Waals surface area contributed by atoms with Crippen molar-refractivity contribution in [3.63, 3.8) is 0 Å². The van der Waals surface area contributed by atoms with E-state index in [0.29, 0.717) is 6.73 Å². The van der Waals surface area contributed by atoms with Crippen molar-refractivity contribution in [2.24, 2.45) is 0 Å². The lowest BCUT2D eigenvalue weighted by Crippen LogP contribution is -2.19. The zero-order chi connectivity index (χ0) is 11.1. The molecule has 15 heavy (non-hydrogen) atoms. The molecule has 1 rings (SSSR count). The van der Waals surface area contributed by atoms with E-state index in [1.54, 1.807) is 0 Å². The first-order valence-corrected chi connectivity index (χ1v) is 5.32. The highest BCUT2D eigenvalue weighted by Gasteiger charge is 1.98. The summed E-state index contributed by atoms with van der Waals surface area (Å²) in [6.45, 7) is 7.52. The Morgan fingerprint density at radius 2 is 1.73 bits per heavy atom. The van der Waals surface area contributed by atoms with Crippen molar-refractivity contribution in [2.45, 2.75) is 26.9 Å². The average Bonchev–Trinajstić information content (AvgIpc) is 2.20. The molecule has 0 radical (unpaired) electrons. The third kappa shape index (κ3) is 4.70. The Bertz CT molecular complexity index is 269. The van der Waals surface area contributed by atoms with Crippen LogP contribution in [0.25, 0.3) is 0 Å². The summed E-state index contributed by atoms with van der Waals surface area (Å²) in [7, 11) is 0. The van der Waals surface area contributed by atoms with Gasteiger partial charge in [0.25, 0.3) is 0 Å². The molecule has 0 atom stereocenters. The molecule has 0 spiro atoms. The second kappa shape index (κ2) is 6.30. The summed E-state index contributed by atoms with van der Waals surface area (Å²) in [5.41, 5.74) is 0. The monoisotopic (exact) mass is 209 g/mol.